The molecule has 6 nitrogen and oxygen atoms in total. The summed E-state index contributed by atoms with van der Waals surface area (Å²) in [6, 6.07) is 20.7. The molecule has 0 atom stereocenters. The largest absolute Gasteiger partial charge is 0.489 e. The molecule has 6 heteroatoms. The lowest BCUT2D eigenvalue weighted by Crippen LogP contribution is -2.14. The predicted molar refractivity (Wildman–Crippen MR) is 110 cm³/mol. The molecule has 0 aliphatic rings. The van der Waals surface area contributed by atoms with Crippen molar-refractivity contribution in [3.05, 3.63) is 84.2 Å². The third-order valence-electron chi connectivity index (χ3n) is 3.99. The van der Waals surface area contributed by atoms with Crippen molar-refractivity contribution in [2.75, 3.05) is 30.9 Å². The van der Waals surface area contributed by atoms with Crippen LogP contribution >= 0.6 is 0 Å². The Morgan fingerprint density at radius 1 is 1.00 bits per heavy atom. The van der Waals surface area contributed by atoms with Crippen molar-refractivity contribution in [1.82, 2.24) is 4.98 Å². The second kappa shape index (κ2) is 10.1. The normalized spacial score (nSPS) is 10.3. The monoisotopic (exact) mass is 377 g/mol. The summed E-state index contributed by atoms with van der Waals surface area (Å²) in [5.41, 5.74) is 2.94. The second-order valence-electron chi connectivity index (χ2n) is 6.10. The average molecular weight is 377 g/mol. The van der Waals surface area contributed by atoms with Crippen molar-refractivity contribution in [2.24, 2.45) is 0 Å². The number of nitrogens with one attached hydrogen (secondary N) is 2. The first-order valence-corrected chi connectivity index (χ1v) is 9.01. The Morgan fingerprint density at radius 2 is 1.79 bits per heavy atom. The molecule has 2 aromatic carbocycles. The van der Waals surface area contributed by atoms with E-state index in [4.69, 9.17) is 9.47 Å². The van der Waals surface area contributed by atoms with Crippen LogP contribution in [-0.4, -0.2) is 31.2 Å². The standard InChI is InChI=1S/C22H23N3O3/c1-27-14-13-23-19-11-12-24-21(15-19)22(26)25-18-7-9-20(10-8-18)28-16-17-5-3-2-4-6-17/h2-12,15H,13-14,16H2,1H3,(H,23,24)(H,25,26). The molecule has 0 unspecified atom stereocenters. The van der Waals surface area contributed by atoms with Crippen molar-refractivity contribution in [3.63, 3.8) is 0 Å². The number of hydrogen-bond donors (Lipinski definition) is 2. The van der Waals surface area contributed by atoms with E-state index in [1.807, 2.05) is 48.5 Å². The first kappa shape index (κ1) is 19.4. The van der Waals surface area contributed by atoms with Gasteiger partial charge in [0.15, 0.2) is 0 Å². The molecule has 0 spiro atoms. The zero-order valence-electron chi connectivity index (χ0n) is 15.7. The highest BCUT2D eigenvalue weighted by atomic mass is 16.5. The number of carbonyl (C=O) groups excluding carboxylic acids is 1. The van der Waals surface area contributed by atoms with Gasteiger partial charge in [-0.15, -0.1) is 0 Å². The minimum atomic E-state index is -0.270. The maximum absolute atomic E-state index is 12.4. The lowest BCUT2D eigenvalue weighted by atomic mass is 10.2. The fourth-order valence-electron chi connectivity index (χ4n) is 2.53. The molecule has 3 rings (SSSR count). The summed E-state index contributed by atoms with van der Waals surface area (Å²) in [4.78, 5) is 16.6. The molecule has 2 N–H and O–H groups in total. The Hall–Kier alpha value is -3.38. The van der Waals surface area contributed by atoms with Crippen LogP contribution in [0.1, 0.15) is 16.1 Å². The zero-order valence-corrected chi connectivity index (χ0v) is 15.7. The predicted octanol–water partition coefficient (Wildman–Crippen LogP) is 3.97. The van der Waals surface area contributed by atoms with Crippen LogP contribution in [0.3, 0.4) is 0 Å². The number of amides is 1. The average Bonchev–Trinajstić information content (AvgIpc) is 2.74. The van der Waals surface area contributed by atoms with Crippen LogP contribution in [-0.2, 0) is 11.3 Å². The summed E-state index contributed by atoms with van der Waals surface area (Å²) in [5.74, 6) is 0.470. The van der Waals surface area contributed by atoms with Crippen molar-refractivity contribution < 1.29 is 14.3 Å². The number of benzene rings is 2. The second-order valence-corrected chi connectivity index (χ2v) is 6.10. The fourth-order valence-corrected chi connectivity index (χ4v) is 2.53. The molecule has 0 aliphatic heterocycles. The maximum atomic E-state index is 12.4. The highest BCUT2D eigenvalue weighted by molar-refractivity contribution is 6.03. The number of methoxy groups -OCH3 is 1. The van der Waals surface area contributed by atoms with E-state index in [1.165, 1.54) is 0 Å². The molecule has 1 aromatic heterocycles. The number of anilines is 2. The van der Waals surface area contributed by atoms with Gasteiger partial charge in [0, 0.05) is 31.2 Å². The van der Waals surface area contributed by atoms with E-state index in [-0.39, 0.29) is 5.91 Å². The smallest absolute Gasteiger partial charge is 0.274 e. The number of hydrogen-bond acceptors (Lipinski definition) is 5. The summed E-state index contributed by atoms with van der Waals surface area (Å²) < 4.78 is 10.8. The summed E-state index contributed by atoms with van der Waals surface area (Å²) in [6.07, 6.45) is 1.60. The van der Waals surface area contributed by atoms with E-state index in [1.54, 1.807) is 31.5 Å². The summed E-state index contributed by atoms with van der Waals surface area (Å²) in [7, 11) is 1.64. The topological polar surface area (TPSA) is 72.5 Å². The minimum absolute atomic E-state index is 0.270. The van der Waals surface area contributed by atoms with E-state index in [2.05, 4.69) is 15.6 Å². The quantitative estimate of drug-likeness (QED) is 0.552. The Kier molecular flexibility index (Phi) is 6.98. The van der Waals surface area contributed by atoms with E-state index in [0.717, 1.165) is 17.0 Å². The van der Waals surface area contributed by atoms with E-state index in [0.29, 0.717) is 31.1 Å². The van der Waals surface area contributed by atoms with Crippen LogP contribution in [0.2, 0.25) is 0 Å². The molecule has 0 aliphatic carbocycles. The van der Waals surface area contributed by atoms with Gasteiger partial charge in [-0.05, 0) is 42.0 Å². The van der Waals surface area contributed by atoms with Gasteiger partial charge in [-0.3, -0.25) is 9.78 Å². The van der Waals surface area contributed by atoms with Crippen LogP contribution in [0.25, 0.3) is 0 Å². The number of carbonyl (C=O) groups is 1. The fraction of sp³-hybridized carbons (Fsp3) is 0.182. The van der Waals surface area contributed by atoms with Gasteiger partial charge in [0.05, 0.1) is 6.61 Å². The third-order valence-corrected chi connectivity index (χ3v) is 3.99. The van der Waals surface area contributed by atoms with Crippen molar-refractivity contribution in [2.45, 2.75) is 6.61 Å². The first-order valence-electron chi connectivity index (χ1n) is 9.01. The molecule has 1 heterocycles. The molecule has 144 valence electrons. The van der Waals surface area contributed by atoms with Gasteiger partial charge >= 0.3 is 0 Å². The Balaban J connectivity index is 1.54. The van der Waals surface area contributed by atoms with Crippen LogP contribution in [0.4, 0.5) is 11.4 Å². The van der Waals surface area contributed by atoms with Gasteiger partial charge in [-0.25, -0.2) is 0 Å². The van der Waals surface area contributed by atoms with E-state index < -0.39 is 0 Å². The van der Waals surface area contributed by atoms with E-state index >= 15 is 0 Å². The van der Waals surface area contributed by atoms with Crippen molar-refractivity contribution in [1.29, 1.82) is 0 Å². The number of ether oxygens (including phenoxy) is 2. The molecule has 0 fully saturated rings. The molecule has 0 saturated carbocycles. The van der Waals surface area contributed by atoms with Crippen molar-refractivity contribution in [3.8, 4) is 5.75 Å². The molecule has 0 radical (unpaired) electrons. The number of nitrogens with zero attached hydrogens (tertiary/aromatic N) is 1. The van der Waals surface area contributed by atoms with Gasteiger partial charge in [0.1, 0.15) is 18.1 Å². The minimum Gasteiger partial charge on any atom is -0.489 e. The molecule has 3 aromatic rings. The molecule has 28 heavy (non-hydrogen) atoms. The van der Waals surface area contributed by atoms with Gasteiger partial charge in [-0.2, -0.15) is 0 Å². The first-order chi connectivity index (χ1) is 13.7. The molecule has 0 saturated heterocycles. The molecule has 0 bridgehead atoms. The number of pyridine rings is 1. The number of aromatic nitrogens is 1. The Bertz CT molecular complexity index is 883. The zero-order chi connectivity index (χ0) is 19.6. The SMILES string of the molecule is COCCNc1ccnc(C(=O)Nc2ccc(OCc3ccccc3)cc2)c1. The van der Waals surface area contributed by atoms with E-state index in [9.17, 15) is 4.79 Å². The van der Waals surface area contributed by atoms with Crippen LogP contribution < -0.4 is 15.4 Å². The lowest BCUT2D eigenvalue weighted by molar-refractivity contribution is 0.102. The lowest BCUT2D eigenvalue weighted by Gasteiger charge is -2.09. The highest BCUT2D eigenvalue weighted by Gasteiger charge is 2.09. The summed E-state index contributed by atoms with van der Waals surface area (Å²) in [5, 5.41) is 6.02. The van der Waals surface area contributed by atoms with Gasteiger partial charge in [-0.1, -0.05) is 30.3 Å². The molecule has 1 amide bonds. The molecular formula is C22H23N3O3. The van der Waals surface area contributed by atoms with Gasteiger partial charge in [0.25, 0.3) is 5.91 Å². The van der Waals surface area contributed by atoms with Crippen LogP contribution in [0, 0.1) is 0 Å². The maximum Gasteiger partial charge on any atom is 0.274 e. The summed E-state index contributed by atoms with van der Waals surface area (Å²) in [6.45, 7) is 1.74. The van der Waals surface area contributed by atoms with Crippen LogP contribution in [0.5, 0.6) is 5.75 Å². The molecular weight excluding hydrogens is 354 g/mol. The Labute approximate surface area is 164 Å². The third kappa shape index (κ3) is 5.82. The Morgan fingerprint density at radius 3 is 2.54 bits per heavy atom. The highest BCUT2D eigenvalue weighted by Crippen LogP contribution is 2.18. The van der Waals surface area contributed by atoms with Crippen LogP contribution in [0.15, 0.2) is 72.9 Å². The summed E-state index contributed by atoms with van der Waals surface area (Å²) >= 11 is 0. The van der Waals surface area contributed by atoms with Gasteiger partial charge < -0.3 is 20.1 Å². The van der Waals surface area contributed by atoms with Crippen molar-refractivity contribution >= 4 is 17.3 Å². The number of rotatable bonds is 9. The van der Waals surface area contributed by atoms with Gasteiger partial charge in [0.2, 0.25) is 0 Å².